The van der Waals surface area contributed by atoms with Gasteiger partial charge in [-0.05, 0) is 20.8 Å². The normalized spacial score (nSPS) is 11.1. The van der Waals surface area contributed by atoms with E-state index in [1.807, 2.05) is 12.2 Å². The van der Waals surface area contributed by atoms with E-state index in [4.69, 9.17) is 0 Å². The minimum Gasteiger partial charge on any atom is -0.348 e. The molecule has 0 radical (unpaired) electrons. The second kappa shape index (κ2) is 7.04. The lowest BCUT2D eigenvalue weighted by molar-refractivity contribution is 0.421. The van der Waals surface area contributed by atoms with Crippen LogP contribution in [0.4, 0.5) is 5.82 Å². The molecule has 4 heteroatoms. The predicted molar refractivity (Wildman–Crippen MR) is 81.2 cm³/mol. The molecule has 4 nitrogen and oxygen atoms in total. The zero-order chi connectivity index (χ0) is 14.3. The van der Waals surface area contributed by atoms with E-state index < -0.39 is 0 Å². The van der Waals surface area contributed by atoms with Crippen LogP contribution >= 0.6 is 0 Å². The highest BCUT2D eigenvalue weighted by atomic mass is 15.2. The van der Waals surface area contributed by atoms with E-state index in [-0.39, 0.29) is 5.54 Å². The van der Waals surface area contributed by atoms with Gasteiger partial charge in [-0.25, -0.2) is 4.98 Å². The van der Waals surface area contributed by atoms with Gasteiger partial charge in [0.2, 0.25) is 0 Å². The van der Waals surface area contributed by atoms with E-state index in [2.05, 4.69) is 54.1 Å². The summed E-state index contributed by atoms with van der Waals surface area (Å²) in [5.74, 6) is 0.855. The molecule has 19 heavy (non-hydrogen) atoms. The molecule has 0 spiro atoms. The zero-order valence-corrected chi connectivity index (χ0v) is 12.2. The van der Waals surface area contributed by atoms with Crippen molar-refractivity contribution in [3.63, 3.8) is 0 Å². The van der Waals surface area contributed by atoms with Gasteiger partial charge in [-0.2, -0.15) is 0 Å². The van der Waals surface area contributed by atoms with Crippen LogP contribution in [0.5, 0.6) is 0 Å². The van der Waals surface area contributed by atoms with Crippen molar-refractivity contribution in [2.45, 2.75) is 32.9 Å². The number of aromatic nitrogens is 2. The Morgan fingerprint density at radius 1 is 1.21 bits per heavy atom. The van der Waals surface area contributed by atoms with Gasteiger partial charge < -0.3 is 10.2 Å². The molecule has 0 aliphatic carbocycles. The quantitative estimate of drug-likeness (QED) is 0.765. The molecule has 0 atom stereocenters. The van der Waals surface area contributed by atoms with Crippen molar-refractivity contribution < 1.29 is 0 Å². The summed E-state index contributed by atoms with van der Waals surface area (Å²) in [7, 11) is 0. The van der Waals surface area contributed by atoms with Crippen LogP contribution < -0.4 is 10.2 Å². The molecular formula is C15H24N4. The van der Waals surface area contributed by atoms with Crippen molar-refractivity contribution in [1.29, 1.82) is 0 Å². The van der Waals surface area contributed by atoms with Gasteiger partial charge in [0.15, 0.2) is 0 Å². The summed E-state index contributed by atoms with van der Waals surface area (Å²) in [6, 6.07) is 0. The smallest absolute Gasteiger partial charge is 0.148 e. The Balaban J connectivity index is 2.79. The highest BCUT2D eigenvalue weighted by Gasteiger charge is 2.10. The maximum absolute atomic E-state index is 4.62. The fraction of sp³-hybridized carbons (Fsp3) is 0.467. The monoisotopic (exact) mass is 260 g/mol. The Morgan fingerprint density at radius 2 is 1.84 bits per heavy atom. The largest absolute Gasteiger partial charge is 0.348 e. The first-order chi connectivity index (χ1) is 8.96. The Hall–Kier alpha value is -1.68. The molecule has 1 rings (SSSR count). The van der Waals surface area contributed by atoms with E-state index in [1.54, 1.807) is 12.4 Å². The highest BCUT2D eigenvalue weighted by Crippen LogP contribution is 2.10. The first-order valence-corrected chi connectivity index (χ1v) is 6.49. The molecule has 1 aromatic rings. The second-order valence-corrected chi connectivity index (χ2v) is 5.45. The fourth-order valence-corrected chi connectivity index (χ4v) is 1.56. The number of nitrogens with zero attached hydrogens (tertiary/aromatic N) is 3. The Morgan fingerprint density at radius 3 is 2.37 bits per heavy atom. The van der Waals surface area contributed by atoms with E-state index in [0.29, 0.717) is 6.54 Å². The van der Waals surface area contributed by atoms with Crippen molar-refractivity contribution in [3.8, 4) is 0 Å². The molecular weight excluding hydrogens is 236 g/mol. The minimum atomic E-state index is 0.0691. The Labute approximate surface area is 116 Å². The molecule has 0 aliphatic heterocycles. The third kappa shape index (κ3) is 5.66. The lowest BCUT2D eigenvalue weighted by atomic mass is 10.1. The molecule has 0 aromatic carbocycles. The molecule has 0 bridgehead atoms. The van der Waals surface area contributed by atoms with Gasteiger partial charge in [0.25, 0.3) is 0 Å². The summed E-state index contributed by atoms with van der Waals surface area (Å²) >= 11 is 0. The van der Waals surface area contributed by atoms with E-state index >= 15 is 0 Å². The third-order valence-electron chi connectivity index (χ3n) is 2.49. The van der Waals surface area contributed by atoms with Crippen LogP contribution in [0.3, 0.4) is 0 Å². The third-order valence-corrected chi connectivity index (χ3v) is 2.49. The van der Waals surface area contributed by atoms with Gasteiger partial charge in [0.1, 0.15) is 5.82 Å². The lowest BCUT2D eigenvalue weighted by Crippen LogP contribution is -2.35. The summed E-state index contributed by atoms with van der Waals surface area (Å²) in [6.45, 7) is 16.1. The highest BCUT2D eigenvalue weighted by molar-refractivity contribution is 5.38. The summed E-state index contributed by atoms with van der Waals surface area (Å²) < 4.78 is 0. The summed E-state index contributed by atoms with van der Waals surface area (Å²) in [5.41, 5.74) is 1.00. The molecule has 0 amide bonds. The molecule has 0 unspecified atom stereocenters. The van der Waals surface area contributed by atoms with Crippen LogP contribution in [-0.4, -0.2) is 28.6 Å². The summed E-state index contributed by atoms with van der Waals surface area (Å²) in [6.07, 6.45) is 7.27. The molecule has 0 aliphatic rings. The molecule has 1 aromatic heterocycles. The van der Waals surface area contributed by atoms with Crippen LogP contribution in [0.15, 0.2) is 37.7 Å². The lowest BCUT2D eigenvalue weighted by Gasteiger charge is -2.22. The summed E-state index contributed by atoms with van der Waals surface area (Å²) in [4.78, 5) is 11.0. The van der Waals surface area contributed by atoms with Crippen LogP contribution in [0.1, 0.15) is 26.5 Å². The van der Waals surface area contributed by atoms with Gasteiger partial charge in [0.05, 0.1) is 11.9 Å². The maximum Gasteiger partial charge on any atom is 0.148 e. The molecule has 0 saturated carbocycles. The Bertz CT molecular complexity index is 410. The summed E-state index contributed by atoms with van der Waals surface area (Å²) in [5, 5.41) is 3.41. The maximum atomic E-state index is 4.62. The fourth-order valence-electron chi connectivity index (χ4n) is 1.56. The van der Waals surface area contributed by atoms with Gasteiger partial charge in [0, 0.05) is 31.4 Å². The van der Waals surface area contributed by atoms with Crippen molar-refractivity contribution >= 4 is 5.82 Å². The first kappa shape index (κ1) is 15.4. The molecule has 1 heterocycles. The van der Waals surface area contributed by atoms with E-state index in [0.717, 1.165) is 24.6 Å². The van der Waals surface area contributed by atoms with Crippen LogP contribution in [0, 0.1) is 0 Å². The van der Waals surface area contributed by atoms with Gasteiger partial charge >= 0.3 is 0 Å². The average Bonchev–Trinajstić information content (AvgIpc) is 2.36. The van der Waals surface area contributed by atoms with E-state index in [1.165, 1.54) is 0 Å². The minimum absolute atomic E-state index is 0.0691. The molecule has 0 saturated heterocycles. The van der Waals surface area contributed by atoms with Gasteiger partial charge in [-0.3, -0.25) is 4.98 Å². The second-order valence-electron chi connectivity index (χ2n) is 5.45. The van der Waals surface area contributed by atoms with E-state index in [9.17, 15) is 0 Å². The molecule has 104 valence electrons. The average molecular weight is 260 g/mol. The predicted octanol–water partition coefficient (Wildman–Crippen LogP) is 2.54. The first-order valence-electron chi connectivity index (χ1n) is 6.49. The molecule has 1 N–H and O–H groups in total. The molecule has 0 fully saturated rings. The zero-order valence-electron chi connectivity index (χ0n) is 12.2. The van der Waals surface area contributed by atoms with Crippen LogP contribution in [0.2, 0.25) is 0 Å². The van der Waals surface area contributed by atoms with Crippen molar-refractivity contribution in [2.75, 3.05) is 18.0 Å². The van der Waals surface area contributed by atoms with Gasteiger partial charge in [-0.1, -0.05) is 12.2 Å². The number of hydrogen-bond donors (Lipinski definition) is 1. The number of hydrogen-bond acceptors (Lipinski definition) is 4. The number of anilines is 1. The number of rotatable bonds is 7. The SMILES string of the molecule is C=CCN(CC=C)c1cncc(CNC(C)(C)C)n1. The van der Waals surface area contributed by atoms with Crippen LogP contribution in [-0.2, 0) is 6.54 Å². The van der Waals surface area contributed by atoms with Crippen molar-refractivity contribution in [3.05, 3.63) is 43.4 Å². The number of nitrogens with one attached hydrogen (secondary N) is 1. The topological polar surface area (TPSA) is 41.1 Å². The van der Waals surface area contributed by atoms with Crippen molar-refractivity contribution in [1.82, 2.24) is 15.3 Å². The Kier molecular flexibility index (Phi) is 5.70. The van der Waals surface area contributed by atoms with Gasteiger partial charge in [-0.15, -0.1) is 13.2 Å². The standard InChI is InChI=1S/C15H24N4/c1-6-8-19(9-7-2)14-12-16-10-13(18-14)11-17-15(3,4)5/h6-7,10,12,17H,1-2,8-9,11H2,3-5H3. The van der Waals surface area contributed by atoms with Crippen LogP contribution in [0.25, 0.3) is 0 Å². The van der Waals surface area contributed by atoms with Crippen molar-refractivity contribution in [2.24, 2.45) is 0 Å².